The van der Waals surface area contributed by atoms with E-state index in [9.17, 15) is 4.79 Å². The van der Waals surface area contributed by atoms with Crippen molar-refractivity contribution in [2.24, 2.45) is 13.0 Å². The van der Waals surface area contributed by atoms with E-state index in [-0.39, 0.29) is 11.9 Å². The molecule has 2 heterocycles. The van der Waals surface area contributed by atoms with Crippen LogP contribution < -0.4 is 10.6 Å². The van der Waals surface area contributed by atoms with Gasteiger partial charge in [-0.3, -0.25) is 4.79 Å². The van der Waals surface area contributed by atoms with E-state index in [1.807, 2.05) is 23.9 Å². The first-order valence-corrected chi connectivity index (χ1v) is 7.20. The maximum Gasteiger partial charge on any atom is 0.268 e. The lowest BCUT2D eigenvalue weighted by atomic mass is 9.93. The predicted octanol–water partition coefficient (Wildman–Crippen LogP) is 1.91. The number of rotatable bonds is 3. The van der Waals surface area contributed by atoms with Crippen molar-refractivity contribution in [2.45, 2.75) is 25.8 Å². The Hall–Kier alpha value is -0.810. The molecule has 4 nitrogen and oxygen atoms in total. The van der Waals surface area contributed by atoms with Gasteiger partial charge in [0, 0.05) is 23.8 Å². The van der Waals surface area contributed by atoms with Gasteiger partial charge in [-0.2, -0.15) is 0 Å². The SMILES string of the molecule is CC(NC(=O)c1cc(Br)cn1C)C1CCCNC1. The molecule has 0 aromatic carbocycles. The van der Waals surface area contributed by atoms with Crippen LogP contribution in [0, 0.1) is 5.92 Å². The summed E-state index contributed by atoms with van der Waals surface area (Å²) < 4.78 is 2.77. The molecule has 1 amide bonds. The molecule has 18 heavy (non-hydrogen) atoms. The summed E-state index contributed by atoms with van der Waals surface area (Å²) in [6.07, 6.45) is 4.27. The summed E-state index contributed by atoms with van der Waals surface area (Å²) >= 11 is 3.38. The molecule has 0 saturated carbocycles. The van der Waals surface area contributed by atoms with Crippen molar-refractivity contribution in [3.8, 4) is 0 Å². The van der Waals surface area contributed by atoms with Crippen LogP contribution >= 0.6 is 15.9 Å². The third-order valence-corrected chi connectivity index (χ3v) is 4.04. The van der Waals surface area contributed by atoms with E-state index in [1.54, 1.807) is 0 Å². The van der Waals surface area contributed by atoms with Gasteiger partial charge in [0.15, 0.2) is 0 Å². The predicted molar refractivity (Wildman–Crippen MR) is 75.6 cm³/mol. The van der Waals surface area contributed by atoms with E-state index in [2.05, 4.69) is 33.5 Å². The Morgan fingerprint density at radius 1 is 1.67 bits per heavy atom. The second kappa shape index (κ2) is 5.89. The molecule has 5 heteroatoms. The molecule has 1 aliphatic heterocycles. The van der Waals surface area contributed by atoms with Crippen molar-refractivity contribution >= 4 is 21.8 Å². The van der Waals surface area contributed by atoms with Crippen LogP contribution in [0.1, 0.15) is 30.3 Å². The Kier molecular flexibility index (Phi) is 4.45. The summed E-state index contributed by atoms with van der Waals surface area (Å²) in [5, 5.41) is 6.48. The van der Waals surface area contributed by atoms with Gasteiger partial charge in [-0.25, -0.2) is 0 Å². The first kappa shape index (κ1) is 13.6. The van der Waals surface area contributed by atoms with Gasteiger partial charge in [0.05, 0.1) is 0 Å². The zero-order valence-corrected chi connectivity index (χ0v) is 12.5. The summed E-state index contributed by atoms with van der Waals surface area (Å²) in [6.45, 7) is 4.19. The largest absolute Gasteiger partial charge is 0.348 e. The van der Waals surface area contributed by atoms with Gasteiger partial charge >= 0.3 is 0 Å². The highest BCUT2D eigenvalue weighted by atomic mass is 79.9. The number of aromatic nitrogens is 1. The minimum Gasteiger partial charge on any atom is -0.348 e. The summed E-state index contributed by atoms with van der Waals surface area (Å²) in [5.74, 6) is 0.535. The molecular weight excluding hydrogens is 294 g/mol. The average molecular weight is 314 g/mol. The van der Waals surface area contributed by atoms with Gasteiger partial charge in [-0.1, -0.05) is 0 Å². The third-order valence-electron chi connectivity index (χ3n) is 3.61. The van der Waals surface area contributed by atoms with Crippen LogP contribution in [0.25, 0.3) is 0 Å². The molecule has 0 radical (unpaired) electrons. The first-order chi connectivity index (χ1) is 8.58. The maximum atomic E-state index is 12.2. The summed E-state index contributed by atoms with van der Waals surface area (Å²) in [6, 6.07) is 2.06. The second-order valence-electron chi connectivity index (χ2n) is 5.02. The number of amides is 1. The summed E-state index contributed by atoms with van der Waals surface area (Å²) in [7, 11) is 1.88. The lowest BCUT2D eigenvalue weighted by Gasteiger charge is -2.28. The van der Waals surface area contributed by atoms with E-state index in [0.717, 1.165) is 17.6 Å². The van der Waals surface area contributed by atoms with Crippen LogP contribution in [0.2, 0.25) is 0 Å². The molecule has 1 aliphatic rings. The van der Waals surface area contributed by atoms with Gasteiger partial charge < -0.3 is 15.2 Å². The maximum absolute atomic E-state index is 12.2. The molecule has 0 aliphatic carbocycles. The Morgan fingerprint density at radius 3 is 3.00 bits per heavy atom. The topological polar surface area (TPSA) is 46.1 Å². The van der Waals surface area contributed by atoms with Gasteiger partial charge in [0.2, 0.25) is 0 Å². The van der Waals surface area contributed by atoms with Gasteiger partial charge in [-0.15, -0.1) is 0 Å². The molecule has 1 aromatic rings. The molecule has 100 valence electrons. The number of nitrogens with one attached hydrogen (secondary N) is 2. The molecular formula is C13H20BrN3O. The summed E-state index contributed by atoms with van der Waals surface area (Å²) in [5.41, 5.74) is 0.692. The molecule has 2 atom stereocenters. The molecule has 0 spiro atoms. The number of aryl methyl sites for hydroxylation is 1. The minimum atomic E-state index is 0.00118. The smallest absolute Gasteiger partial charge is 0.268 e. The van der Waals surface area contributed by atoms with Crippen LogP contribution in [-0.4, -0.2) is 29.6 Å². The van der Waals surface area contributed by atoms with Crippen molar-refractivity contribution < 1.29 is 4.79 Å². The van der Waals surface area contributed by atoms with Crippen molar-refractivity contribution in [3.05, 3.63) is 22.4 Å². The lowest BCUT2D eigenvalue weighted by Crippen LogP contribution is -2.44. The highest BCUT2D eigenvalue weighted by molar-refractivity contribution is 9.10. The van der Waals surface area contributed by atoms with Crippen molar-refractivity contribution in [2.75, 3.05) is 13.1 Å². The van der Waals surface area contributed by atoms with Gasteiger partial charge in [0.25, 0.3) is 5.91 Å². The number of hydrogen-bond acceptors (Lipinski definition) is 2. The number of nitrogens with zero attached hydrogens (tertiary/aromatic N) is 1. The Labute approximate surface area is 116 Å². The second-order valence-corrected chi connectivity index (χ2v) is 5.94. The van der Waals surface area contributed by atoms with Crippen LogP contribution in [-0.2, 0) is 7.05 Å². The van der Waals surface area contributed by atoms with Crippen LogP contribution in [0.3, 0.4) is 0 Å². The van der Waals surface area contributed by atoms with Crippen LogP contribution in [0.15, 0.2) is 16.7 Å². The fraction of sp³-hybridized carbons (Fsp3) is 0.615. The minimum absolute atomic E-state index is 0.00118. The van der Waals surface area contributed by atoms with Crippen LogP contribution in [0.4, 0.5) is 0 Å². The number of piperidine rings is 1. The zero-order valence-electron chi connectivity index (χ0n) is 10.9. The number of hydrogen-bond donors (Lipinski definition) is 2. The van der Waals surface area contributed by atoms with Crippen molar-refractivity contribution in [3.63, 3.8) is 0 Å². The first-order valence-electron chi connectivity index (χ1n) is 6.41. The Morgan fingerprint density at radius 2 is 2.44 bits per heavy atom. The summed E-state index contributed by atoms with van der Waals surface area (Å²) in [4.78, 5) is 12.2. The zero-order chi connectivity index (χ0) is 13.1. The number of carbonyl (C=O) groups is 1. The molecule has 2 N–H and O–H groups in total. The molecule has 2 rings (SSSR count). The quantitative estimate of drug-likeness (QED) is 0.895. The van der Waals surface area contributed by atoms with Crippen molar-refractivity contribution in [1.82, 2.24) is 15.2 Å². The highest BCUT2D eigenvalue weighted by Gasteiger charge is 2.22. The van der Waals surface area contributed by atoms with Gasteiger partial charge in [-0.05, 0) is 60.8 Å². The average Bonchev–Trinajstić information content (AvgIpc) is 2.69. The Bertz CT molecular complexity index is 424. The lowest BCUT2D eigenvalue weighted by molar-refractivity contribution is 0.0913. The standard InChI is InChI=1S/C13H20BrN3O/c1-9(10-4-3-5-15-7-10)16-13(18)12-6-11(14)8-17(12)2/h6,8-10,15H,3-5,7H2,1-2H3,(H,16,18). The normalized spacial score (nSPS) is 21.6. The highest BCUT2D eigenvalue weighted by Crippen LogP contribution is 2.16. The fourth-order valence-corrected chi connectivity index (χ4v) is 2.98. The van der Waals surface area contributed by atoms with E-state index >= 15 is 0 Å². The molecule has 0 bridgehead atoms. The van der Waals surface area contributed by atoms with E-state index < -0.39 is 0 Å². The Balaban J connectivity index is 1.96. The number of carbonyl (C=O) groups excluding carboxylic acids is 1. The van der Waals surface area contributed by atoms with E-state index in [0.29, 0.717) is 11.6 Å². The van der Waals surface area contributed by atoms with Gasteiger partial charge in [0.1, 0.15) is 5.69 Å². The fourth-order valence-electron chi connectivity index (χ4n) is 2.45. The molecule has 1 aromatic heterocycles. The molecule has 1 fully saturated rings. The molecule has 1 saturated heterocycles. The van der Waals surface area contributed by atoms with E-state index in [4.69, 9.17) is 0 Å². The van der Waals surface area contributed by atoms with Crippen LogP contribution in [0.5, 0.6) is 0 Å². The number of halogens is 1. The monoisotopic (exact) mass is 313 g/mol. The molecule has 2 unspecified atom stereocenters. The third kappa shape index (κ3) is 3.14. The van der Waals surface area contributed by atoms with E-state index in [1.165, 1.54) is 12.8 Å². The van der Waals surface area contributed by atoms with Crippen molar-refractivity contribution in [1.29, 1.82) is 0 Å².